The maximum atomic E-state index is 4.84. The molecule has 2 nitrogen and oxygen atoms in total. The molecule has 3 aromatic rings. The van der Waals surface area contributed by atoms with Crippen LogP contribution < -0.4 is 0 Å². The second-order valence-electron chi connectivity index (χ2n) is 6.25. The van der Waals surface area contributed by atoms with E-state index in [0.29, 0.717) is 0 Å². The van der Waals surface area contributed by atoms with Crippen molar-refractivity contribution in [3.05, 3.63) is 66.0 Å². The minimum absolute atomic E-state index is 0.0355. The van der Waals surface area contributed by atoms with E-state index >= 15 is 0 Å². The van der Waals surface area contributed by atoms with Gasteiger partial charge in [-0.15, -0.1) is 0 Å². The molecule has 0 aliphatic heterocycles. The number of fused-ring (bicyclic) bond motifs is 1. The summed E-state index contributed by atoms with van der Waals surface area (Å²) < 4.78 is 2.34. The normalized spacial score (nSPS) is 11.9. The fourth-order valence-electron chi connectivity index (χ4n) is 2.57. The molecule has 0 saturated carbocycles. The molecule has 0 aliphatic carbocycles. The van der Waals surface area contributed by atoms with E-state index in [0.717, 1.165) is 17.9 Å². The van der Waals surface area contributed by atoms with E-state index in [1.807, 2.05) is 0 Å². The Balaban J connectivity index is 2.16. The van der Waals surface area contributed by atoms with Crippen LogP contribution >= 0.6 is 0 Å². The average Bonchev–Trinajstić information content (AvgIpc) is 2.79. The lowest BCUT2D eigenvalue weighted by atomic mass is 9.95. The van der Waals surface area contributed by atoms with Crippen molar-refractivity contribution in [2.45, 2.75) is 32.7 Å². The molecule has 0 aliphatic rings. The molecule has 0 saturated heterocycles. The zero-order chi connectivity index (χ0) is 14.2. The molecule has 20 heavy (non-hydrogen) atoms. The molecule has 0 unspecified atom stereocenters. The lowest BCUT2D eigenvalue weighted by Crippen LogP contribution is -2.19. The highest BCUT2D eigenvalue weighted by atomic mass is 15.1. The highest BCUT2D eigenvalue weighted by molar-refractivity contribution is 5.76. The van der Waals surface area contributed by atoms with Crippen molar-refractivity contribution in [2.24, 2.45) is 0 Å². The Morgan fingerprint density at radius 1 is 0.900 bits per heavy atom. The molecule has 0 spiro atoms. The van der Waals surface area contributed by atoms with E-state index in [2.05, 4.69) is 79.9 Å². The average molecular weight is 264 g/mol. The summed E-state index contributed by atoms with van der Waals surface area (Å²) in [5, 5.41) is 0. The number of aromatic nitrogens is 2. The predicted octanol–water partition coefficient (Wildman–Crippen LogP) is 4.38. The summed E-state index contributed by atoms with van der Waals surface area (Å²) in [5.41, 5.74) is 3.63. The Hall–Kier alpha value is -2.09. The second-order valence-corrected chi connectivity index (χ2v) is 6.25. The summed E-state index contributed by atoms with van der Waals surface area (Å²) >= 11 is 0. The lowest BCUT2D eigenvalue weighted by molar-refractivity contribution is 0.516. The van der Waals surface area contributed by atoms with E-state index < -0.39 is 0 Å². The molecular formula is C18H20N2. The highest BCUT2D eigenvalue weighted by Gasteiger charge is 2.22. The summed E-state index contributed by atoms with van der Waals surface area (Å²) in [6, 6.07) is 18.9. The second kappa shape index (κ2) is 4.78. The molecule has 1 heterocycles. The van der Waals surface area contributed by atoms with E-state index in [9.17, 15) is 0 Å². The zero-order valence-electron chi connectivity index (χ0n) is 12.3. The van der Waals surface area contributed by atoms with Crippen molar-refractivity contribution in [3.63, 3.8) is 0 Å². The summed E-state index contributed by atoms with van der Waals surface area (Å²) in [6.07, 6.45) is 0. The quantitative estimate of drug-likeness (QED) is 0.671. The zero-order valence-corrected chi connectivity index (χ0v) is 12.3. The minimum Gasteiger partial charge on any atom is -0.323 e. The van der Waals surface area contributed by atoms with Crippen LogP contribution in [0.25, 0.3) is 11.0 Å². The molecule has 3 rings (SSSR count). The SMILES string of the molecule is CC(C)(C)c1nc2ccccc2n1Cc1ccccc1. The van der Waals surface area contributed by atoms with Gasteiger partial charge in [0.05, 0.1) is 11.0 Å². The minimum atomic E-state index is 0.0355. The number of imidazole rings is 1. The summed E-state index contributed by atoms with van der Waals surface area (Å²) in [5.74, 6) is 1.14. The standard InChI is InChI=1S/C18H20N2/c1-18(2,3)17-19-15-11-7-8-12-16(15)20(17)13-14-9-5-4-6-10-14/h4-12H,13H2,1-3H3. The topological polar surface area (TPSA) is 17.8 Å². The van der Waals surface area contributed by atoms with Gasteiger partial charge in [0.25, 0.3) is 0 Å². The third kappa shape index (κ3) is 2.34. The number of benzene rings is 2. The fourth-order valence-corrected chi connectivity index (χ4v) is 2.57. The van der Waals surface area contributed by atoms with Gasteiger partial charge in [-0.1, -0.05) is 63.2 Å². The first kappa shape index (κ1) is 12.9. The van der Waals surface area contributed by atoms with Gasteiger partial charge < -0.3 is 4.57 Å². The van der Waals surface area contributed by atoms with E-state index in [1.165, 1.54) is 11.1 Å². The predicted molar refractivity (Wildman–Crippen MR) is 84.0 cm³/mol. The number of hydrogen-bond donors (Lipinski definition) is 0. The van der Waals surface area contributed by atoms with Crippen LogP contribution in [0.4, 0.5) is 0 Å². The third-order valence-corrected chi connectivity index (χ3v) is 3.51. The van der Waals surface area contributed by atoms with E-state index in [-0.39, 0.29) is 5.41 Å². The molecule has 0 fully saturated rings. The molecular weight excluding hydrogens is 244 g/mol. The van der Waals surface area contributed by atoms with Gasteiger partial charge in [0, 0.05) is 12.0 Å². The van der Waals surface area contributed by atoms with Gasteiger partial charge in [0.1, 0.15) is 5.82 Å². The summed E-state index contributed by atoms with van der Waals surface area (Å²) in [4.78, 5) is 4.84. The van der Waals surface area contributed by atoms with E-state index in [1.54, 1.807) is 0 Å². The van der Waals surface area contributed by atoms with Crippen LogP contribution in [-0.4, -0.2) is 9.55 Å². The Kier molecular flexibility index (Phi) is 3.09. The smallest absolute Gasteiger partial charge is 0.115 e. The third-order valence-electron chi connectivity index (χ3n) is 3.51. The van der Waals surface area contributed by atoms with Gasteiger partial charge in [-0.25, -0.2) is 4.98 Å². The summed E-state index contributed by atoms with van der Waals surface area (Å²) in [7, 11) is 0. The van der Waals surface area contributed by atoms with Crippen molar-refractivity contribution in [2.75, 3.05) is 0 Å². The number of nitrogens with zero attached hydrogens (tertiary/aromatic N) is 2. The Morgan fingerprint density at radius 3 is 2.25 bits per heavy atom. The van der Waals surface area contributed by atoms with Crippen molar-refractivity contribution < 1.29 is 0 Å². The van der Waals surface area contributed by atoms with Gasteiger partial charge in [-0.3, -0.25) is 0 Å². The molecule has 0 bridgehead atoms. The van der Waals surface area contributed by atoms with Crippen LogP contribution in [0.2, 0.25) is 0 Å². The largest absolute Gasteiger partial charge is 0.323 e. The van der Waals surface area contributed by atoms with Gasteiger partial charge in [-0.05, 0) is 17.7 Å². The number of rotatable bonds is 2. The molecule has 0 atom stereocenters. The lowest BCUT2D eigenvalue weighted by Gasteiger charge is -2.20. The first-order valence-electron chi connectivity index (χ1n) is 7.05. The molecule has 2 heteroatoms. The van der Waals surface area contributed by atoms with Gasteiger partial charge in [0.2, 0.25) is 0 Å². The maximum absolute atomic E-state index is 4.84. The first-order chi connectivity index (χ1) is 9.55. The van der Waals surface area contributed by atoms with Crippen molar-refractivity contribution >= 4 is 11.0 Å². The highest BCUT2D eigenvalue weighted by Crippen LogP contribution is 2.27. The molecule has 102 valence electrons. The first-order valence-corrected chi connectivity index (χ1v) is 7.05. The summed E-state index contributed by atoms with van der Waals surface area (Å²) in [6.45, 7) is 7.52. The Morgan fingerprint density at radius 2 is 1.55 bits per heavy atom. The van der Waals surface area contributed by atoms with Crippen LogP contribution in [0.1, 0.15) is 32.2 Å². The van der Waals surface area contributed by atoms with E-state index in [4.69, 9.17) is 4.98 Å². The fraction of sp³-hybridized carbons (Fsp3) is 0.278. The molecule has 0 N–H and O–H groups in total. The van der Waals surface area contributed by atoms with Crippen LogP contribution in [-0.2, 0) is 12.0 Å². The number of para-hydroxylation sites is 2. The molecule has 2 aromatic carbocycles. The van der Waals surface area contributed by atoms with Crippen molar-refractivity contribution in [1.29, 1.82) is 0 Å². The van der Waals surface area contributed by atoms with Gasteiger partial charge in [0.15, 0.2) is 0 Å². The van der Waals surface area contributed by atoms with Crippen molar-refractivity contribution in [3.8, 4) is 0 Å². The maximum Gasteiger partial charge on any atom is 0.115 e. The molecule has 0 amide bonds. The molecule has 0 radical (unpaired) electrons. The Bertz CT molecular complexity index is 718. The van der Waals surface area contributed by atoms with Crippen LogP contribution in [0.3, 0.4) is 0 Å². The Labute approximate surface area is 120 Å². The van der Waals surface area contributed by atoms with Crippen LogP contribution in [0.5, 0.6) is 0 Å². The number of hydrogen-bond acceptors (Lipinski definition) is 1. The van der Waals surface area contributed by atoms with Crippen molar-refractivity contribution in [1.82, 2.24) is 9.55 Å². The van der Waals surface area contributed by atoms with Gasteiger partial charge >= 0.3 is 0 Å². The molecule has 1 aromatic heterocycles. The van der Waals surface area contributed by atoms with Crippen LogP contribution in [0, 0.1) is 0 Å². The van der Waals surface area contributed by atoms with Gasteiger partial charge in [-0.2, -0.15) is 0 Å². The monoisotopic (exact) mass is 264 g/mol. The van der Waals surface area contributed by atoms with Crippen LogP contribution in [0.15, 0.2) is 54.6 Å².